The van der Waals surface area contributed by atoms with Gasteiger partial charge in [0.2, 0.25) is 0 Å². The maximum atomic E-state index is 11.0. The molecular weight excluding hydrogens is 200 g/mol. The third kappa shape index (κ3) is 6.61. The van der Waals surface area contributed by atoms with Crippen LogP contribution in [-0.4, -0.2) is 22.7 Å². The monoisotopic (exact) mass is 216 g/mol. The summed E-state index contributed by atoms with van der Waals surface area (Å²) in [5.41, 5.74) is 3.07. The van der Waals surface area contributed by atoms with Gasteiger partial charge in [0.15, 0.2) is 9.84 Å². The van der Waals surface area contributed by atoms with Crippen molar-refractivity contribution >= 4 is 17.9 Å². The molecule has 0 saturated carbocycles. The van der Waals surface area contributed by atoms with Crippen LogP contribution in [0.25, 0.3) is 0 Å². The van der Waals surface area contributed by atoms with Crippen molar-refractivity contribution in [2.75, 3.05) is 6.26 Å². The van der Waals surface area contributed by atoms with Gasteiger partial charge in [0.25, 0.3) is 0 Å². The first-order valence-electron chi connectivity index (χ1n) is 4.02. The van der Waals surface area contributed by atoms with E-state index in [1.807, 2.05) is 0 Å². The number of allylic oxidation sites excluding steroid dienone is 2. The molecule has 0 aliphatic carbocycles. The second-order valence-electron chi connectivity index (χ2n) is 4.05. The summed E-state index contributed by atoms with van der Waals surface area (Å²) in [6.07, 6.45) is 2.67. The smallest absolute Gasteiger partial charge is 0.172 e. The lowest BCUT2D eigenvalue weighted by Crippen LogP contribution is -2.16. The summed E-state index contributed by atoms with van der Waals surface area (Å²) in [6.45, 7) is 7.91. The summed E-state index contributed by atoms with van der Waals surface area (Å²) >= 11 is 0. The van der Waals surface area contributed by atoms with Gasteiger partial charge in [-0.2, -0.15) is 0 Å². The Morgan fingerprint density at radius 2 is 1.77 bits per heavy atom. The second-order valence-corrected chi connectivity index (χ2v) is 11.0. The fraction of sp³-hybridized carbons (Fsp3) is 0.556. The molecule has 0 spiro atoms. The molecule has 74 valence electrons. The molecular formula is C9H16O2SSi. The van der Waals surface area contributed by atoms with Crippen LogP contribution in [0.1, 0.15) is 6.92 Å². The zero-order valence-corrected chi connectivity index (χ0v) is 10.6. The van der Waals surface area contributed by atoms with Crippen LogP contribution in [0, 0.1) is 11.5 Å². The molecule has 0 amide bonds. The van der Waals surface area contributed by atoms with Gasteiger partial charge in [-0.15, -0.1) is 5.54 Å². The van der Waals surface area contributed by atoms with Crippen molar-refractivity contribution in [3.63, 3.8) is 0 Å². The molecule has 0 aliphatic heterocycles. The minimum absolute atomic E-state index is 0.332. The van der Waals surface area contributed by atoms with Gasteiger partial charge < -0.3 is 0 Å². The Morgan fingerprint density at radius 1 is 1.31 bits per heavy atom. The maximum Gasteiger partial charge on any atom is 0.172 e. The molecule has 0 unspecified atom stereocenters. The highest BCUT2D eigenvalue weighted by Gasteiger charge is 2.07. The lowest BCUT2D eigenvalue weighted by Gasteiger charge is -2.02. The van der Waals surface area contributed by atoms with Crippen LogP contribution in [-0.2, 0) is 9.84 Å². The highest BCUT2D eigenvalue weighted by atomic mass is 32.2. The van der Waals surface area contributed by atoms with E-state index in [0.29, 0.717) is 4.91 Å². The largest absolute Gasteiger partial charge is 0.224 e. The summed E-state index contributed by atoms with van der Waals surface area (Å²) in [4.78, 5) is 0.332. The highest BCUT2D eigenvalue weighted by Crippen LogP contribution is 2.01. The van der Waals surface area contributed by atoms with Crippen molar-refractivity contribution in [2.45, 2.75) is 26.6 Å². The molecule has 0 saturated heterocycles. The number of sulfone groups is 1. The van der Waals surface area contributed by atoms with Gasteiger partial charge in [-0.05, 0) is 6.92 Å². The molecule has 0 radical (unpaired) electrons. The molecule has 2 nitrogen and oxygen atoms in total. The third-order valence-corrected chi connectivity index (χ3v) is 3.49. The Hall–Kier alpha value is -0.533. The number of hydrogen-bond donors (Lipinski definition) is 0. The van der Waals surface area contributed by atoms with E-state index in [1.165, 1.54) is 12.3 Å². The summed E-state index contributed by atoms with van der Waals surface area (Å²) in [5, 5.41) is 0. The Labute approximate surface area is 82.0 Å². The van der Waals surface area contributed by atoms with Gasteiger partial charge in [0, 0.05) is 17.2 Å². The Balaban J connectivity index is 4.72. The summed E-state index contributed by atoms with van der Waals surface area (Å²) in [7, 11) is -4.43. The molecule has 0 rings (SSSR count). The molecule has 0 N–H and O–H groups in total. The van der Waals surface area contributed by atoms with E-state index in [9.17, 15) is 8.42 Å². The molecule has 0 atom stereocenters. The van der Waals surface area contributed by atoms with Gasteiger partial charge in [-0.25, -0.2) is 8.42 Å². The predicted molar refractivity (Wildman–Crippen MR) is 59.7 cm³/mol. The van der Waals surface area contributed by atoms with E-state index in [4.69, 9.17) is 0 Å². The standard InChI is InChI=1S/C9H16O2SSi/c1-9(12(2,10)11)7-6-8-13(3,4)5/h7H,1-5H3/b9-7+. The number of hydrogen-bond acceptors (Lipinski definition) is 2. The minimum Gasteiger partial charge on any atom is -0.224 e. The molecule has 0 aromatic heterocycles. The number of rotatable bonds is 1. The van der Waals surface area contributed by atoms with Crippen LogP contribution in [0.4, 0.5) is 0 Å². The van der Waals surface area contributed by atoms with E-state index in [0.717, 1.165) is 0 Å². The van der Waals surface area contributed by atoms with Crippen molar-refractivity contribution in [2.24, 2.45) is 0 Å². The molecule has 0 bridgehead atoms. The molecule has 13 heavy (non-hydrogen) atoms. The SMILES string of the molecule is C/C(=C\C#C[Si](C)(C)C)S(C)(=O)=O. The summed E-state index contributed by atoms with van der Waals surface area (Å²) in [5.74, 6) is 2.80. The Morgan fingerprint density at radius 3 is 2.08 bits per heavy atom. The zero-order valence-electron chi connectivity index (χ0n) is 8.80. The van der Waals surface area contributed by atoms with Crippen LogP contribution < -0.4 is 0 Å². The highest BCUT2D eigenvalue weighted by molar-refractivity contribution is 7.94. The molecule has 4 heteroatoms. The van der Waals surface area contributed by atoms with Crippen LogP contribution in [0.3, 0.4) is 0 Å². The van der Waals surface area contributed by atoms with Crippen molar-refractivity contribution < 1.29 is 8.42 Å². The van der Waals surface area contributed by atoms with Crippen molar-refractivity contribution in [3.8, 4) is 11.5 Å². The first-order valence-corrected chi connectivity index (χ1v) is 9.41. The molecule has 0 aromatic rings. The molecule has 0 aliphatic rings. The summed E-state index contributed by atoms with van der Waals surface area (Å²) < 4.78 is 21.9. The molecule has 0 fully saturated rings. The van der Waals surface area contributed by atoms with Crippen LogP contribution >= 0.6 is 0 Å². The van der Waals surface area contributed by atoms with Gasteiger partial charge in [-0.3, -0.25) is 0 Å². The first-order chi connectivity index (χ1) is 5.63. The topological polar surface area (TPSA) is 34.1 Å². The van der Waals surface area contributed by atoms with Crippen LogP contribution in [0.2, 0.25) is 19.6 Å². The quantitative estimate of drug-likeness (QED) is 0.495. The normalized spacial score (nSPS) is 13.5. The maximum absolute atomic E-state index is 11.0. The van der Waals surface area contributed by atoms with E-state index in [2.05, 4.69) is 31.1 Å². The van der Waals surface area contributed by atoms with Crippen molar-refractivity contribution in [1.29, 1.82) is 0 Å². The average molecular weight is 216 g/mol. The fourth-order valence-corrected chi connectivity index (χ4v) is 1.24. The zero-order chi connectivity index (χ0) is 10.7. The molecule has 0 heterocycles. The van der Waals surface area contributed by atoms with E-state index >= 15 is 0 Å². The van der Waals surface area contributed by atoms with Gasteiger partial charge in [0.05, 0.1) is 0 Å². The average Bonchev–Trinajstić information content (AvgIpc) is 1.82. The third-order valence-electron chi connectivity index (χ3n) is 1.31. The van der Waals surface area contributed by atoms with Gasteiger partial charge in [-0.1, -0.05) is 25.6 Å². The van der Waals surface area contributed by atoms with Crippen molar-refractivity contribution in [3.05, 3.63) is 11.0 Å². The van der Waals surface area contributed by atoms with E-state index in [-0.39, 0.29) is 0 Å². The van der Waals surface area contributed by atoms with E-state index < -0.39 is 17.9 Å². The minimum atomic E-state index is -3.05. The van der Waals surface area contributed by atoms with Gasteiger partial charge >= 0.3 is 0 Å². The Bertz CT molecular complexity index is 361. The molecule has 0 aromatic carbocycles. The fourth-order valence-electron chi connectivity index (χ4n) is 0.461. The van der Waals surface area contributed by atoms with Crippen molar-refractivity contribution in [1.82, 2.24) is 0 Å². The lowest BCUT2D eigenvalue weighted by molar-refractivity contribution is 0.607. The summed E-state index contributed by atoms with van der Waals surface area (Å²) in [6, 6.07) is 0. The lowest BCUT2D eigenvalue weighted by atomic mass is 10.5. The van der Waals surface area contributed by atoms with Gasteiger partial charge in [0.1, 0.15) is 8.07 Å². The predicted octanol–water partition coefficient (Wildman–Crippen LogP) is 1.82. The first kappa shape index (κ1) is 12.5. The second kappa shape index (κ2) is 4.12. The van der Waals surface area contributed by atoms with Crippen LogP contribution in [0.5, 0.6) is 0 Å². The van der Waals surface area contributed by atoms with Crippen LogP contribution in [0.15, 0.2) is 11.0 Å². The Kier molecular flexibility index (Phi) is 3.95. The van der Waals surface area contributed by atoms with E-state index in [1.54, 1.807) is 6.92 Å².